The van der Waals surface area contributed by atoms with Crippen LogP contribution < -0.4 is 5.73 Å². The zero-order chi connectivity index (χ0) is 11.3. The number of nitrogens with two attached hydrogens (primary N) is 1. The van der Waals surface area contributed by atoms with Gasteiger partial charge in [-0.3, -0.25) is 0 Å². The summed E-state index contributed by atoms with van der Waals surface area (Å²) < 4.78 is 24.5. The van der Waals surface area contributed by atoms with Crippen LogP contribution in [0.1, 0.15) is 12.6 Å². The van der Waals surface area contributed by atoms with Gasteiger partial charge in [0.25, 0.3) is 0 Å². The Hall–Kier alpha value is -0.880. The number of aromatic nitrogens is 2. The average Bonchev–Trinajstić information content (AvgIpc) is 2.64. The molecule has 1 aromatic rings. The Morgan fingerprint density at radius 1 is 1.53 bits per heavy atom. The van der Waals surface area contributed by atoms with E-state index in [1.807, 2.05) is 4.57 Å². The summed E-state index contributed by atoms with van der Waals surface area (Å²) in [5, 5.41) is 0. The Bertz CT molecular complexity index is 397. The van der Waals surface area contributed by atoms with Gasteiger partial charge in [-0.1, -0.05) is 6.92 Å². The molecule has 15 heavy (non-hydrogen) atoms. The summed E-state index contributed by atoms with van der Waals surface area (Å²) in [7, 11) is -2.91. The average molecular weight is 231 g/mol. The zero-order valence-electron chi connectivity index (χ0n) is 8.89. The van der Waals surface area contributed by atoms with Crippen LogP contribution >= 0.6 is 0 Å². The van der Waals surface area contributed by atoms with Gasteiger partial charge in [-0.15, -0.1) is 0 Å². The highest BCUT2D eigenvalue weighted by molar-refractivity contribution is 7.91. The molecule has 0 aliphatic carbocycles. The number of aryl methyl sites for hydroxylation is 1. The van der Waals surface area contributed by atoms with Crippen molar-refractivity contribution in [2.24, 2.45) is 5.73 Å². The first-order valence-electron chi connectivity index (χ1n) is 4.98. The van der Waals surface area contributed by atoms with E-state index in [1.54, 1.807) is 19.4 Å². The largest absolute Gasteiger partial charge is 0.334 e. The molecule has 0 radical (unpaired) electrons. The summed E-state index contributed by atoms with van der Waals surface area (Å²) >= 11 is 0. The molecule has 0 aliphatic rings. The predicted octanol–water partition coefficient (Wildman–Crippen LogP) is -0.181. The normalized spacial score (nSPS) is 11.9. The summed E-state index contributed by atoms with van der Waals surface area (Å²) in [5.41, 5.74) is 6.43. The van der Waals surface area contributed by atoms with Gasteiger partial charge < -0.3 is 10.3 Å². The number of nitrogens with zero attached hydrogens (tertiary/aromatic N) is 2. The lowest BCUT2D eigenvalue weighted by atomic mass is 10.3. The number of hydrogen-bond acceptors (Lipinski definition) is 4. The fourth-order valence-corrected chi connectivity index (χ4v) is 2.05. The highest BCUT2D eigenvalue weighted by Gasteiger charge is 2.08. The second kappa shape index (κ2) is 5.27. The van der Waals surface area contributed by atoms with E-state index in [9.17, 15) is 8.42 Å². The molecule has 0 bridgehead atoms. The molecule has 0 atom stereocenters. The fourth-order valence-electron chi connectivity index (χ4n) is 1.29. The maximum absolute atomic E-state index is 11.3. The molecule has 1 aromatic heterocycles. The summed E-state index contributed by atoms with van der Waals surface area (Å²) in [5.74, 6) is 0.353. The molecular weight excluding hydrogens is 214 g/mol. The van der Waals surface area contributed by atoms with Crippen molar-refractivity contribution in [3.05, 3.63) is 18.2 Å². The smallest absolute Gasteiger partial charge is 0.151 e. The van der Waals surface area contributed by atoms with E-state index in [2.05, 4.69) is 4.98 Å². The van der Waals surface area contributed by atoms with Crippen LogP contribution in [0.15, 0.2) is 12.5 Å². The van der Waals surface area contributed by atoms with Crippen LogP contribution in [-0.2, 0) is 22.8 Å². The van der Waals surface area contributed by atoms with Crippen LogP contribution in [0.3, 0.4) is 0 Å². The Kier molecular flexibility index (Phi) is 4.28. The van der Waals surface area contributed by atoms with Gasteiger partial charge in [-0.05, 0) is 6.54 Å². The summed E-state index contributed by atoms with van der Waals surface area (Å²) in [6.45, 7) is 2.67. The Balaban J connectivity index is 2.61. The standard InChI is InChI=1S/C9H17N3O2S/c1-2-15(13,14)6-5-12-8-11-7-9(12)3-4-10/h7-8H,2-6,10H2,1H3. The molecule has 6 heteroatoms. The minimum atomic E-state index is -2.91. The molecule has 0 amide bonds. The molecule has 5 nitrogen and oxygen atoms in total. The van der Waals surface area contributed by atoms with Crippen molar-refractivity contribution in [2.75, 3.05) is 18.1 Å². The van der Waals surface area contributed by atoms with Gasteiger partial charge >= 0.3 is 0 Å². The van der Waals surface area contributed by atoms with Crippen LogP contribution in [0.25, 0.3) is 0 Å². The molecule has 1 rings (SSSR count). The lowest BCUT2D eigenvalue weighted by Crippen LogP contribution is -2.16. The van der Waals surface area contributed by atoms with Crippen LogP contribution in [0.2, 0.25) is 0 Å². The van der Waals surface area contributed by atoms with E-state index in [-0.39, 0.29) is 11.5 Å². The van der Waals surface area contributed by atoms with Crippen molar-refractivity contribution >= 4 is 9.84 Å². The number of rotatable bonds is 6. The first-order valence-corrected chi connectivity index (χ1v) is 6.80. The van der Waals surface area contributed by atoms with Gasteiger partial charge in [0.2, 0.25) is 0 Å². The topological polar surface area (TPSA) is 78.0 Å². The molecule has 2 N–H and O–H groups in total. The van der Waals surface area contributed by atoms with Crippen molar-refractivity contribution < 1.29 is 8.42 Å². The Morgan fingerprint density at radius 2 is 2.27 bits per heavy atom. The van der Waals surface area contributed by atoms with Gasteiger partial charge in [0, 0.05) is 30.6 Å². The summed E-state index contributed by atoms with van der Waals surface area (Å²) in [6, 6.07) is 0. The quantitative estimate of drug-likeness (QED) is 0.736. The fraction of sp³-hybridized carbons (Fsp3) is 0.667. The predicted molar refractivity (Wildman–Crippen MR) is 59.3 cm³/mol. The first-order chi connectivity index (χ1) is 7.09. The van der Waals surface area contributed by atoms with Crippen LogP contribution in [0.5, 0.6) is 0 Å². The third kappa shape index (κ3) is 3.64. The number of imidazole rings is 1. The van der Waals surface area contributed by atoms with E-state index < -0.39 is 9.84 Å². The molecule has 0 aromatic carbocycles. The second-order valence-electron chi connectivity index (χ2n) is 3.35. The Morgan fingerprint density at radius 3 is 2.87 bits per heavy atom. The van der Waals surface area contributed by atoms with E-state index in [0.717, 1.165) is 12.1 Å². The molecule has 0 aliphatic heterocycles. The molecule has 1 heterocycles. The van der Waals surface area contributed by atoms with Crippen molar-refractivity contribution in [1.82, 2.24) is 9.55 Å². The molecule has 0 fully saturated rings. The van der Waals surface area contributed by atoms with Crippen LogP contribution in [0, 0.1) is 0 Å². The molecule has 86 valence electrons. The summed E-state index contributed by atoms with van der Waals surface area (Å²) in [6.07, 6.45) is 4.10. The lowest BCUT2D eigenvalue weighted by Gasteiger charge is -2.06. The van der Waals surface area contributed by atoms with Gasteiger partial charge in [-0.2, -0.15) is 0 Å². The molecule has 0 spiro atoms. The molecule has 0 unspecified atom stereocenters. The number of hydrogen-bond donors (Lipinski definition) is 1. The SMILES string of the molecule is CCS(=O)(=O)CCn1cncc1CCN. The van der Waals surface area contributed by atoms with E-state index in [4.69, 9.17) is 5.73 Å². The highest BCUT2D eigenvalue weighted by Crippen LogP contribution is 2.01. The summed E-state index contributed by atoms with van der Waals surface area (Å²) in [4.78, 5) is 3.98. The first kappa shape index (κ1) is 12.2. The van der Waals surface area contributed by atoms with Crippen LogP contribution in [0.4, 0.5) is 0 Å². The van der Waals surface area contributed by atoms with Crippen molar-refractivity contribution in [3.8, 4) is 0 Å². The third-order valence-corrected chi connectivity index (χ3v) is 3.97. The van der Waals surface area contributed by atoms with Crippen molar-refractivity contribution in [2.45, 2.75) is 19.9 Å². The highest BCUT2D eigenvalue weighted by atomic mass is 32.2. The minimum absolute atomic E-state index is 0.164. The van der Waals surface area contributed by atoms with Gasteiger partial charge in [0.15, 0.2) is 9.84 Å². The van der Waals surface area contributed by atoms with Gasteiger partial charge in [0.05, 0.1) is 12.1 Å². The lowest BCUT2D eigenvalue weighted by molar-refractivity contribution is 0.588. The Labute approximate surface area is 90.2 Å². The number of sulfone groups is 1. The zero-order valence-corrected chi connectivity index (χ0v) is 9.70. The monoisotopic (exact) mass is 231 g/mol. The maximum Gasteiger partial charge on any atom is 0.151 e. The third-order valence-electron chi connectivity index (χ3n) is 2.28. The van der Waals surface area contributed by atoms with Gasteiger partial charge in [-0.25, -0.2) is 13.4 Å². The minimum Gasteiger partial charge on any atom is -0.334 e. The maximum atomic E-state index is 11.3. The van der Waals surface area contributed by atoms with Gasteiger partial charge in [0.1, 0.15) is 0 Å². The van der Waals surface area contributed by atoms with Crippen molar-refractivity contribution in [1.29, 1.82) is 0 Å². The van der Waals surface area contributed by atoms with Crippen molar-refractivity contribution in [3.63, 3.8) is 0 Å². The van der Waals surface area contributed by atoms with Crippen LogP contribution in [-0.4, -0.2) is 36.0 Å². The van der Waals surface area contributed by atoms with E-state index in [1.165, 1.54) is 0 Å². The molecule has 0 saturated carbocycles. The molecular formula is C9H17N3O2S. The second-order valence-corrected chi connectivity index (χ2v) is 5.83. The van der Waals surface area contributed by atoms with E-state index >= 15 is 0 Å². The van der Waals surface area contributed by atoms with E-state index in [0.29, 0.717) is 13.1 Å². The molecule has 0 saturated heterocycles.